The van der Waals surface area contributed by atoms with Crippen LogP contribution < -0.4 is 4.90 Å². The van der Waals surface area contributed by atoms with Crippen molar-refractivity contribution in [1.82, 2.24) is 4.90 Å². The SMILES string of the molecule is CC1COC2(CCC2)CN1c1ccc([N+](=O)[O-])c(C(=O)N2CCCC2)c1. The van der Waals surface area contributed by atoms with Crippen LogP contribution in [0.3, 0.4) is 0 Å². The number of likely N-dealkylation sites (tertiary alicyclic amines) is 1. The number of hydrogen-bond acceptors (Lipinski definition) is 5. The monoisotopic (exact) mass is 359 g/mol. The minimum absolute atomic E-state index is 0.0760. The standard InChI is InChI=1S/C19H25N3O4/c1-14-12-26-19(7-4-8-19)13-21(14)15-5-6-17(22(24)25)16(11-15)18(23)20-9-2-3-10-20/h5-6,11,14H,2-4,7-10,12-13H2,1H3. The topological polar surface area (TPSA) is 75.9 Å². The molecule has 1 spiro atoms. The number of hydrogen-bond donors (Lipinski definition) is 0. The van der Waals surface area contributed by atoms with Gasteiger partial charge in [0.25, 0.3) is 11.6 Å². The fourth-order valence-corrected chi connectivity index (χ4v) is 4.24. The summed E-state index contributed by atoms with van der Waals surface area (Å²) in [5.74, 6) is -0.227. The first-order valence-corrected chi connectivity index (χ1v) is 9.47. The average molecular weight is 359 g/mol. The fourth-order valence-electron chi connectivity index (χ4n) is 4.24. The van der Waals surface area contributed by atoms with Crippen LogP contribution >= 0.6 is 0 Å². The molecule has 1 aromatic rings. The molecule has 0 radical (unpaired) electrons. The second-order valence-corrected chi connectivity index (χ2v) is 7.78. The molecule has 2 saturated heterocycles. The highest BCUT2D eigenvalue weighted by atomic mass is 16.6. The van der Waals surface area contributed by atoms with Crippen molar-refractivity contribution in [3.8, 4) is 0 Å². The third-order valence-corrected chi connectivity index (χ3v) is 6.02. The summed E-state index contributed by atoms with van der Waals surface area (Å²) >= 11 is 0. The number of anilines is 1. The largest absolute Gasteiger partial charge is 0.371 e. The first-order chi connectivity index (χ1) is 12.5. The van der Waals surface area contributed by atoms with Crippen molar-refractivity contribution in [2.45, 2.75) is 50.7 Å². The second kappa shape index (κ2) is 6.54. The molecule has 140 valence electrons. The Balaban J connectivity index is 1.67. The summed E-state index contributed by atoms with van der Waals surface area (Å²) in [6.45, 7) is 4.87. The maximum atomic E-state index is 12.9. The van der Waals surface area contributed by atoms with Crippen LogP contribution in [0.25, 0.3) is 0 Å². The summed E-state index contributed by atoms with van der Waals surface area (Å²) in [5, 5.41) is 11.5. The van der Waals surface area contributed by atoms with E-state index in [-0.39, 0.29) is 28.8 Å². The molecule has 1 aromatic carbocycles. The molecule has 1 aliphatic carbocycles. The van der Waals surface area contributed by atoms with E-state index < -0.39 is 4.92 Å². The molecule has 1 amide bonds. The van der Waals surface area contributed by atoms with E-state index >= 15 is 0 Å². The van der Waals surface area contributed by atoms with Crippen LogP contribution in [0.4, 0.5) is 11.4 Å². The Kier molecular flexibility index (Phi) is 4.34. The maximum Gasteiger partial charge on any atom is 0.282 e. The second-order valence-electron chi connectivity index (χ2n) is 7.78. The Morgan fingerprint density at radius 1 is 1.27 bits per heavy atom. The lowest BCUT2D eigenvalue weighted by atomic mass is 9.78. The van der Waals surface area contributed by atoms with Gasteiger partial charge < -0.3 is 14.5 Å². The summed E-state index contributed by atoms with van der Waals surface area (Å²) < 4.78 is 6.06. The molecule has 3 fully saturated rings. The predicted molar refractivity (Wildman–Crippen MR) is 97.6 cm³/mol. The summed E-state index contributed by atoms with van der Waals surface area (Å²) in [5.41, 5.74) is 0.897. The van der Waals surface area contributed by atoms with Gasteiger partial charge in [0.2, 0.25) is 0 Å². The summed E-state index contributed by atoms with van der Waals surface area (Å²) in [6.07, 6.45) is 5.22. The zero-order valence-corrected chi connectivity index (χ0v) is 15.1. The summed E-state index contributed by atoms with van der Waals surface area (Å²) in [6, 6.07) is 5.14. The van der Waals surface area contributed by atoms with Gasteiger partial charge in [0.05, 0.1) is 17.1 Å². The Morgan fingerprint density at radius 3 is 2.62 bits per heavy atom. The highest BCUT2D eigenvalue weighted by molar-refractivity contribution is 5.99. The Bertz CT molecular complexity index is 725. The van der Waals surface area contributed by atoms with Gasteiger partial charge in [-0.25, -0.2) is 0 Å². The van der Waals surface area contributed by atoms with Gasteiger partial charge in [-0.3, -0.25) is 14.9 Å². The number of morpholine rings is 1. The quantitative estimate of drug-likeness (QED) is 0.612. The van der Waals surface area contributed by atoms with Gasteiger partial charge in [-0.15, -0.1) is 0 Å². The van der Waals surface area contributed by atoms with E-state index in [0.29, 0.717) is 19.7 Å². The molecule has 2 aliphatic heterocycles. The van der Waals surface area contributed by atoms with Gasteiger partial charge in [0.1, 0.15) is 5.56 Å². The normalized spacial score (nSPS) is 24.6. The van der Waals surface area contributed by atoms with Crippen LogP contribution in [0.15, 0.2) is 18.2 Å². The van der Waals surface area contributed by atoms with Crippen molar-refractivity contribution in [3.63, 3.8) is 0 Å². The van der Waals surface area contributed by atoms with E-state index in [0.717, 1.165) is 37.9 Å². The molecule has 7 heteroatoms. The Labute approximate surface area is 153 Å². The van der Waals surface area contributed by atoms with Gasteiger partial charge in [0.15, 0.2) is 0 Å². The molecule has 1 saturated carbocycles. The summed E-state index contributed by atoms with van der Waals surface area (Å²) in [4.78, 5) is 27.8. The number of nitro benzene ring substituents is 1. The molecular formula is C19H25N3O4. The highest BCUT2D eigenvalue weighted by Gasteiger charge is 2.44. The van der Waals surface area contributed by atoms with Crippen LogP contribution in [-0.4, -0.2) is 53.6 Å². The van der Waals surface area contributed by atoms with E-state index in [2.05, 4.69) is 11.8 Å². The van der Waals surface area contributed by atoms with Gasteiger partial charge >= 0.3 is 0 Å². The van der Waals surface area contributed by atoms with E-state index in [1.807, 2.05) is 0 Å². The third kappa shape index (κ3) is 2.94. The number of ether oxygens (including phenoxy) is 1. The lowest BCUT2D eigenvalue weighted by Crippen LogP contribution is -2.59. The number of carbonyl (C=O) groups is 1. The minimum Gasteiger partial charge on any atom is -0.371 e. The van der Waals surface area contributed by atoms with E-state index in [4.69, 9.17) is 4.74 Å². The van der Waals surface area contributed by atoms with Crippen molar-refractivity contribution in [1.29, 1.82) is 0 Å². The minimum atomic E-state index is -0.455. The lowest BCUT2D eigenvalue weighted by Gasteiger charge is -2.51. The van der Waals surface area contributed by atoms with Gasteiger partial charge in [0, 0.05) is 37.4 Å². The van der Waals surface area contributed by atoms with Crippen LogP contribution in [0.2, 0.25) is 0 Å². The van der Waals surface area contributed by atoms with Crippen molar-refractivity contribution >= 4 is 17.3 Å². The Morgan fingerprint density at radius 2 is 2.00 bits per heavy atom. The lowest BCUT2D eigenvalue weighted by molar-refractivity contribution is -0.385. The smallest absolute Gasteiger partial charge is 0.282 e. The van der Waals surface area contributed by atoms with Crippen molar-refractivity contribution in [2.75, 3.05) is 31.1 Å². The van der Waals surface area contributed by atoms with Gasteiger partial charge in [-0.05, 0) is 51.2 Å². The van der Waals surface area contributed by atoms with Crippen LogP contribution in [0.1, 0.15) is 49.4 Å². The third-order valence-electron chi connectivity index (χ3n) is 6.02. The van der Waals surface area contributed by atoms with Crippen LogP contribution in [0.5, 0.6) is 0 Å². The molecule has 7 nitrogen and oxygen atoms in total. The number of nitro groups is 1. The molecular weight excluding hydrogens is 334 g/mol. The van der Waals surface area contributed by atoms with Crippen molar-refractivity contribution in [2.24, 2.45) is 0 Å². The maximum absolute atomic E-state index is 12.9. The summed E-state index contributed by atoms with van der Waals surface area (Å²) in [7, 11) is 0. The van der Waals surface area contributed by atoms with Crippen molar-refractivity contribution in [3.05, 3.63) is 33.9 Å². The van der Waals surface area contributed by atoms with Gasteiger partial charge in [-0.1, -0.05) is 0 Å². The van der Waals surface area contributed by atoms with Crippen LogP contribution in [0, 0.1) is 10.1 Å². The number of rotatable bonds is 3. The predicted octanol–water partition coefficient (Wildman–Crippen LogP) is 2.98. The first-order valence-electron chi connectivity index (χ1n) is 9.47. The number of amides is 1. The molecule has 26 heavy (non-hydrogen) atoms. The molecule has 0 bridgehead atoms. The number of nitrogens with zero attached hydrogens (tertiary/aromatic N) is 3. The molecule has 3 aliphatic rings. The molecule has 1 unspecified atom stereocenters. The molecule has 2 heterocycles. The Hall–Kier alpha value is -2.15. The molecule has 4 rings (SSSR count). The van der Waals surface area contributed by atoms with Crippen LogP contribution in [-0.2, 0) is 4.74 Å². The average Bonchev–Trinajstić information content (AvgIpc) is 3.14. The van der Waals surface area contributed by atoms with Crippen molar-refractivity contribution < 1.29 is 14.5 Å². The molecule has 0 aromatic heterocycles. The van der Waals surface area contributed by atoms with E-state index in [1.54, 1.807) is 17.0 Å². The van der Waals surface area contributed by atoms with E-state index in [9.17, 15) is 14.9 Å². The first kappa shape index (κ1) is 17.3. The van der Waals surface area contributed by atoms with E-state index in [1.165, 1.54) is 12.5 Å². The number of carbonyl (C=O) groups excluding carboxylic acids is 1. The highest BCUT2D eigenvalue weighted by Crippen LogP contribution is 2.41. The molecule has 0 N–H and O–H groups in total. The van der Waals surface area contributed by atoms with Gasteiger partial charge in [-0.2, -0.15) is 0 Å². The number of benzene rings is 1. The zero-order valence-electron chi connectivity index (χ0n) is 15.1. The fraction of sp³-hybridized carbons (Fsp3) is 0.632. The molecule has 1 atom stereocenters. The zero-order chi connectivity index (χ0) is 18.3.